The number of carbonyl (C=O) groups is 1. The Balaban J connectivity index is 1.44. The molecule has 3 aromatic carbocycles. The van der Waals surface area contributed by atoms with E-state index in [9.17, 15) is 9.90 Å². The van der Waals surface area contributed by atoms with E-state index in [-0.39, 0.29) is 36.3 Å². The first-order valence-electron chi connectivity index (χ1n) is 18.1. The molecule has 1 aromatic heterocycles. The van der Waals surface area contributed by atoms with Crippen molar-refractivity contribution in [3.05, 3.63) is 112 Å². The van der Waals surface area contributed by atoms with Crippen LogP contribution in [0.15, 0.2) is 71.1 Å². The monoisotopic (exact) mass is 759 g/mol. The van der Waals surface area contributed by atoms with Crippen molar-refractivity contribution in [1.29, 1.82) is 0 Å². The molecule has 4 aromatic rings. The molecule has 0 bridgehead atoms. The van der Waals surface area contributed by atoms with Crippen molar-refractivity contribution in [3.8, 4) is 11.5 Å². The Morgan fingerprint density at radius 2 is 1.59 bits per heavy atom. The molecule has 4 unspecified atom stereocenters. The third-order valence-electron chi connectivity index (χ3n) is 9.71. The van der Waals surface area contributed by atoms with Gasteiger partial charge in [0.1, 0.15) is 17.6 Å². The van der Waals surface area contributed by atoms with Crippen molar-refractivity contribution in [3.63, 3.8) is 0 Å². The smallest absolute Gasteiger partial charge is 0.335 e. The summed E-state index contributed by atoms with van der Waals surface area (Å²) in [4.78, 5) is 18.0. The fourth-order valence-corrected chi connectivity index (χ4v) is 7.09. The number of ether oxygens (including phenoxy) is 3. The van der Waals surface area contributed by atoms with E-state index in [1.807, 2.05) is 44.2 Å². The number of hydrogen-bond donors (Lipinski definition) is 1. The van der Waals surface area contributed by atoms with E-state index in [1.54, 1.807) is 0 Å². The highest BCUT2D eigenvalue weighted by molar-refractivity contribution is 9.08. The molecule has 1 saturated carbocycles. The lowest BCUT2D eigenvalue weighted by molar-refractivity contribution is -0.183. The van der Waals surface area contributed by atoms with E-state index in [1.165, 1.54) is 5.56 Å². The van der Waals surface area contributed by atoms with Crippen LogP contribution in [0.3, 0.4) is 0 Å². The second kappa shape index (κ2) is 16.6. The lowest BCUT2D eigenvalue weighted by Gasteiger charge is -2.37. The fraction of sp³-hybridized carbons (Fsp3) is 0.488. The zero-order valence-corrected chi connectivity index (χ0v) is 33.0. The molecule has 8 heteroatoms. The molecule has 0 radical (unpaired) electrons. The van der Waals surface area contributed by atoms with Crippen LogP contribution in [-0.4, -0.2) is 34.4 Å². The molecule has 0 saturated heterocycles. The number of aromatic nitrogens is 1. The van der Waals surface area contributed by atoms with Gasteiger partial charge in [0.05, 0.1) is 25.4 Å². The van der Waals surface area contributed by atoms with E-state index in [2.05, 4.69) is 93.9 Å². The predicted octanol–water partition coefficient (Wildman–Crippen LogP) is 10.7. The number of alkyl halides is 1. The Kier molecular flexibility index (Phi) is 12.7. The number of benzene rings is 3. The molecule has 0 spiro atoms. The Labute approximate surface area is 312 Å². The summed E-state index contributed by atoms with van der Waals surface area (Å²) in [6.45, 7) is 17.3. The maximum atomic E-state index is 13.2. The summed E-state index contributed by atoms with van der Waals surface area (Å²) in [5, 5.41) is 11.4. The van der Waals surface area contributed by atoms with Crippen LogP contribution in [0.25, 0.3) is 11.5 Å². The van der Waals surface area contributed by atoms with Crippen molar-refractivity contribution < 1.29 is 28.5 Å². The Hall–Kier alpha value is -3.30. The quantitative estimate of drug-likeness (QED) is 0.136. The Morgan fingerprint density at radius 1 is 0.902 bits per heavy atom. The van der Waals surface area contributed by atoms with Gasteiger partial charge in [0, 0.05) is 10.9 Å². The van der Waals surface area contributed by atoms with Crippen molar-refractivity contribution in [1.82, 2.24) is 4.98 Å². The summed E-state index contributed by atoms with van der Waals surface area (Å²) in [5.74, 6) is 0.224. The number of halogens is 1. The molecular formula is C43H54BrNO6. The highest BCUT2D eigenvalue weighted by Crippen LogP contribution is 2.39. The molecule has 274 valence electrons. The second-order valence-corrected chi connectivity index (χ2v) is 16.5. The van der Waals surface area contributed by atoms with Crippen LogP contribution in [0.2, 0.25) is 0 Å². The lowest BCUT2D eigenvalue weighted by Crippen LogP contribution is -2.41. The molecule has 7 nitrogen and oxygen atoms in total. The highest BCUT2D eigenvalue weighted by atomic mass is 79.9. The van der Waals surface area contributed by atoms with Crippen LogP contribution in [-0.2, 0) is 48.4 Å². The Bertz CT molecular complexity index is 1770. The maximum absolute atomic E-state index is 13.2. The number of hydrogen-bond acceptors (Lipinski definition) is 6. The van der Waals surface area contributed by atoms with Crippen molar-refractivity contribution in [2.45, 2.75) is 135 Å². The SMILES string of the molecule is Cc1cccc(-c2nc(COC3CCCCC3OC(c3cc(CBr)ccc3C(C)(C)C)C(OCc3ccc(C(C)(C)C)cc3)C(=O)O)c(C)o2)c1. The molecule has 4 atom stereocenters. The van der Waals surface area contributed by atoms with Crippen molar-refractivity contribution >= 4 is 21.9 Å². The van der Waals surface area contributed by atoms with E-state index < -0.39 is 18.2 Å². The van der Waals surface area contributed by atoms with E-state index in [0.717, 1.165) is 64.8 Å². The highest BCUT2D eigenvalue weighted by Gasteiger charge is 2.39. The van der Waals surface area contributed by atoms with E-state index in [4.69, 9.17) is 23.6 Å². The van der Waals surface area contributed by atoms with E-state index >= 15 is 0 Å². The van der Waals surface area contributed by atoms with Gasteiger partial charge in [-0.25, -0.2) is 9.78 Å². The molecule has 1 heterocycles. The van der Waals surface area contributed by atoms with Crippen molar-refractivity contribution in [2.75, 3.05) is 0 Å². The molecule has 5 rings (SSSR count). The molecule has 51 heavy (non-hydrogen) atoms. The largest absolute Gasteiger partial charge is 0.479 e. The normalized spacial score (nSPS) is 18.1. The van der Waals surface area contributed by atoms with Gasteiger partial charge in [-0.2, -0.15) is 0 Å². The number of carboxylic acid groups (broad SMARTS) is 1. The van der Waals surface area contributed by atoms with Gasteiger partial charge in [-0.05, 0) is 77.5 Å². The van der Waals surface area contributed by atoms with Crippen LogP contribution in [0.5, 0.6) is 0 Å². The molecule has 1 aliphatic rings. The third-order valence-corrected chi connectivity index (χ3v) is 10.4. The minimum atomic E-state index is -1.25. The first-order chi connectivity index (χ1) is 24.1. The summed E-state index contributed by atoms with van der Waals surface area (Å²) in [5.41, 5.74) is 7.56. The Morgan fingerprint density at radius 3 is 2.22 bits per heavy atom. The summed E-state index contributed by atoms with van der Waals surface area (Å²) < 4.78 is 26.0. The number of carboxylic acids is 1. The van der Waals surface area contributed by atoms with Crippen molar-refractivity contribution in [2.24, 2.45) is 0 Å². The first-order valence-corrected chi connectivity index (χ1v) is 19.2. The molecule has 0 amide bonds. The zero-order valence-electron chi connectivity index (χ0n) is 31.4. The minimum Gasteiger partial charge on any atom is -0.479 e. The molecular weight excluding hydrogens is 706 g/mol. The average Bonchev–Trinajstić information content (AvgIpc) is 3.46. The topological polar surface area (TPSA) is 91.0 Å². The van der Waals surface area contributed by atoms with E-state index in [0.29, 0.717) is 17.0 Å². The fourth-order valence-electron chi connectivity index (χ4n) is 6.74. The summed E-state index contributed by atoms with van der Waals surface area (Å²) in [6.07, 6.45) is 0.779. The number of rotatable bonds is 13. The molecule has 0 aliphatic heterocycles. The van der Waals surface area contributed by atoms with Crippen LogP contribution >= 0.6 is 15.9 Å². The average molecular weight is 761 g/mol. The molecule has 1 aliphatic carbocycles. The van der Waals surface area contributed by atoms with Gasteiger partial charge in [-0.3, -0.25) is 0 Å². The van der Waals surface area contributed by atoms with Gasteiger partial charge in [0.25, 0.3) is 0 Å². The van der Waals surface area contributed by atoms with Gasteiger partial charge in [0.15, 0.2) is 6.10 Å². The minimum absolute atomic E-state index is 0.0139. The number of nitrogens with zero attached hydrogens (tertiary/aromatic N) is 1. The summed E-state index contributed by atoms with van der Waals surface area (Å²) in [7, 11) is 0. The van der Waals surface area contributed by atoms with Gasteiger partial charge >= 0.3 is 5.97 Å². The summed E-state index contributed by atoms with van der Waals surface area (Å²) >= 11 is 3.62. The molecule has 1 N–H and O–H groups in total. The van der Waals surface area contributed by atoms with Gasteiger partial charge in [0.2, 0.25) is 5.89 Å². The molecule has 1 fully saturated rings. The number of aryl methyl sites for hydroxylation is 2. The maximum Gasteiger partial charge on any atom is 0.335 e. The van der Waals surface area contributed by atoms with Gasteiger partial charge in [-0.1, -0.05) is 130 Å². The third kappa shape index (κ3) is 9.98. The van der Waals surface area contributed by atoms with Crippen LogP contribution < -0.4 is 0 Å². The zero-order chi connectivity index (χ0) is 36.9. The summed E-state index contributed by atoms with van der Waals surface area (Å²) in [6, 6.07) is 22.6. The van der Waals surface area contributed by atoms with Gasteiger partial charge in [-0.15, -0.1) is 0 Å². The van der Waals surface area contributed by atoms with Gasteiger partial charge < -0.3 is 23.7 Å². The predicted molar refractivity (Wildman–Crippen MR) is 205 cm³/mol. The lowest BCUT2D eigenvalue weighted by atomic mass is 9.80. The first kappa shape index (κ1) is 38.9. The van der Waals surface area contributed by atoms with Crippen LogP contribution in [0, 0.1) is 13.8 Å². The standard InChI is InChI=1S/C43H54BrNO6/c1-27-12-11-13-31(22-27)40-45-35(28(2)50-40)26-48-36-14-9-10-15-37(36)51-38(33-23-30(24-44)18-21-34(33)43(6,7)8)39(41(46)47)49-25-29-16-19-32(20-17-29)42(3,4)5/h11-13,16-23,36-39H,9-10,14-15,24-26H2,1-8H3,(H,46,47). The van der Waals surface area contributed by atoms with Crippen LogP contribution in [0.4, 0.5) is 0 Å². The number of oxazole rings is 1. The van der Waals surface area contributed by atoms with Crippen LogP contribution in [0.1, 0.15) is 118 Å². The number of aliphatic carboxylic acids is 1. The second-order valence-electron chi connectivity index (χ2n) is 15.9.